The van der Waals surface area contributed by atoms with Crippen molar-refractivity contribution in [1.82, 2.24) is 5.32 Å². The summed E-state index contributed by atoms with van der Waals surface area (Å²) in [4.78, 5) is 34.7. The predicted molar refractivity (Wildman–Crippen MR) is 91.3 cm³/mol. The molecular weight excluding hydrogens is 318 g/mol. The number of nitrogens with one attached hydrogen (secondary N) is 1. The van der Waals surface area contributed by atoms with Crippen LogP contribution < -0.4 is 5.32 Å². The van der Waals surface area contributed by atoms with Crippen molar-refractivity contribution in [2.45, 2.75) is 66.0 Å². The zero-order valence-electron chi connectivity index (χ0n) is 14.9. The van der Waals surface area contributed by atoms with Crippen LogP contribution in [0.3, 0.4) is 0 Å². The molecule has 0 saturated carbocycles. The van der Waals surface area contributed by atoms with Gasteiger partial charge in [-0.2, -0.15) is 0 Å². The van der Waals surface area contributed by atoms with Gasteiger partial charge in [-0.25, -0.2) is 4.79 Å². The monoisotopic (exact) mass is 347 g/mol. The third kappa shape index (κ3) is 11.9. The van der Waals surface area contributed by atoms with Crippen molar-refractivity contribution in [2.24, 2.45) is 5.92 Å². The largest absolute Gasteiger partial charge is 0.466 e. The maximum Gasteiger partial charge on any atom is 0.407 e. The molecule has 0 aromatic rings. The van der Waals surface area contributed by atoms with E-state index in [0.29, 0.717) is 25.2 Å². The van der Waals surface area contributed by atoms with Crippen molar-refractivity contribution in [3.63, 3.8) is 0 Å². The van der Waals surface area contributed by atoms with Crippen LogP contribution in [0, 0.1) is 5.92 Å². The van der Waals surface area contributed by atoms with Crippen LogP contribution in [0.15, 0.2) is 0 Å². The first-order valence-corrected chi connectivity index (χ1v) is 8.83. The van der Waals surface area contributed by atoms with E-state index in [1.807, 2.05) is 0 Å². The van der Waals surface area contributed by atoms with Crippen molar-refractivity contribution in [1.29, 1.82) is 0 Å². The van der Waals surface area contributed by atoms with Gasteiger partial charge in [-0.1, -0.05) is 18.7 Å². The predicted octanol–water partition coefficient (Wildman–Crippen LogP) is 3.14. The highest BCUT2D eigenvalue weighted by Crippen LogP contribution is 2.15. The molecule has 0 heterocycles. The van der Waals surface area contributed by atoms with Gasteiger partial charge >= 0.3 is 12.1 Å². The summed E-state index contributed by atoms with van der Waals surface area (Å²) in [5.41, 5.74) is -0.583. The first-order valence-electron chi connectivity index (χ1n) is 7.84. The number of carbonyl (C=O) groups is 3. The third-order valence-electron chi connectivity index (χ3n) is 2.85. The molecule has 0 bridgehead atoms. The van der Waals surface area contributed by atoms with Crippen molar-refractivity contribution in [2.75, 3.05) is 12.4 Å². The van der Waals surface area contributed by atoms with E-state index in [2.05, 4.69) is 5.32 Å². The van der Waals surface area contributed by atoms with E-state index < -0.39 is 11.7 Å². The average molecular weight is 347 g/mol. The number of rotatable bonds is 8. The van der Waals surface area contributed by atoms with E-state index in [9.17, 15) is 14.4 Å². The highest BCUT2D eigenvalue weighted by molar-refractivity contribution is 8.13. The summed E-state index contributed by atoms with van der Waals surface area (Å²) in [7, 11) is 0. The van der Waals surface area contributed by atoms with Crippen molar-refractivity contribution in [3.8, 4) is 0 Å². The summed E-state index contributed by atoms with van der Waals surface area (Å²) in [6, 6.07) is -0.240. The number of amides is 1. The summed E-state index contributed by atoms with van der Waals surface area (Å²) in [6.45, 7) is 10.7. The van der Waals surface area contributed by atoms with E-state index in [-0.39, 0.29) is 23.0 Å². The minimum Gasteiger partial charge on any atom is -0.466 e. The Morgan fingerprint density at radius 1 is 1.17 bits per heavy atom. The molecule has 2 atom stereocenters. The molecule has 0 radical (unpaired) electrons. The summed E-state index contributed by atoms with van der Waals surface area (Å²) in [6.07, 6.45) is 0.618. The fraction of sp³-hybridized carbons (Fsp3) is 0.812. The molecule has 23 heavy (non-hydrogen) atoms. The van der Waals surface area contributed by atoms with Crippen molar-refractivity contribution < 1.29 is 23.9 Å². The Kier molecular flexibility index (Phi) is 9.95. The lowest BCUT2D eigenvalue weighted by molar-refractivity contribution is -0.147. The van der Waals surface area contributed by atoms with Crippen LogP contribution >= 0.6 is 11.8 Å². The van der Waals surface area contributed by atoms with Gasteiger partial charge in [0.2, 0.25) is 0 Å². The van der Waals surface area contributed by atoms with E-state index >= 15 is 0 Å². The van der Waals surface area contributed by atoms with Crippen LogP contribution in [0.25, 0.3) is 0 Å². The molecule has 0 aliphatic rings. The lowest BCUT2D eigenvalue weighted by Crippen LogP contribution is -2.41. The van der Waals surface area contributed by atoms with Crippen molar-refractivity contribution in [3.05, 3.63) is 0 Å². The van der Waals surface area contributed by atoms with Gasteiger partial charge in [0.1, 0.15) is 5.60 Å². The first kappa shape index (κ1) is 21.8. The Morgan fingerprint density at radius 3 is 2.26 bits per heavy atom. The van der Waals surface area contributed by atoms with Gasteiger partial charge in [0, 0.05) is 18.7 Å². The topological polar surface area (TPSA) is 81.7 Å². The maximum absolute atomic E-state index is 11.9. The van der Waals surface area contributed by atoms with E-state index in [4.69, 9.17) is 9.47 Å². The zero-order chi connectivity index (χ0) is 18.0. The zero-order valence-corrected chi connectivity index (χ0v) is 15.7. The Balaban J connectivity index is 4.53. The van der Waals surface area contributed by atoms with Crippen LogP contribution in [0.5, 0.6) is 0 Å². The van der Waals surface area contributed by atoms with Crippen LogP contribution in [0.2, 0.25) is 0 Å². The Labute approximate surface area is 143 Å². The number of esters is 1. The summed E-state index contributed by atoms with van der Waals surface area (Å²) in [5.74, 6) is -0.0487. The van der Waals surface area contributed by atoms with E-state index in [1.54, 1.807) is 34.6 Å². The fourth-order valence-electron chi connectivity index (χ4n) is 1.74. The lowest BCUT2D eigenvalue weighted by atomic mass is 10.0. The van der Waals surface area contributed by atoms with Gasteiger partial charge in [-0.05, 0) is 40.5 Å². The standard InChI is InChI=1S/C16H29NO5S/c1-7-21-14(19)11(2)8-9-13(10-23-12(3)18)17-15(20)22-16(4,5)6/h11,13H,7-10H2,1-6H3,(H,17,20)/t11?,13-/m0/s1. The SMILES string of the molecule is CCOC(=O)C(C)CC[C@@H](CSC(C)=O)NC(=O)OC(C)(C)C. The molecule has 6 nitrogen and oxygen atoms in total. The van der Waals surface area contributed by atoms with Crippen molar-refractivity contribution >= 4 is 28.9 Å². The van der Waals surface area contributed by atoms with Crippen LogP contribution in [0.4, 0.5) is 4.79 Å². The number of ether oxygens (including phenoxy) is 2. The summed E-state index contributed by atoms with van der Waals surface area (Å²) < 4.78 is 10.2. The number of hydrogen-bond acceptors (Lipinski definition) is 6. The van der Waals surface area contributed by atoms with Gasteiger partial charge < -0.3 is 14.8 Å². The number of thioether (sulfide) groups is 1. The number of alkyl carbamates (subject to hydrolysis) is 1. The van der Waals surface area contributed by atoms with Crippen LogP contribution in [-0.4, -0.2) is 41.2 Å². The molecule has 0 rings (SSSR count). The third-order valence-corrected chi connectivity index (χ3v) is 3.82. The number of carbonyl (C=O) groups excluding carboxylic acids is 3. The van der Waals surface area contributed by atoms with Gasteiger partial charge in [0.25, 0.3) is 0 Å². The molecule has 0 aromatic carbocycles. The van der Waals surface area contributed by atoms with Crippen LogP contribution in [0.1, 0.15) is 54.4 Å². The molecule has 0 saturated heterocycles. The maximum atomic E-state index is 11.9. The quantitative estimate of drug-likeness (QED) is 0.679. The molecule has 1 N–H and O–H groups in total. The average Bonchev–Trinajstić information content (AvgIpc) is 2.39. The Morgan fingerprint density at radius 2 is 1.78 bits per heavy atom. The van der Waals surface area contributed by atoms with E-state index in [0.717, 1.165) is 11.8 Å². The fourth-order valence-corrected chi connectivity index (χ4v) is 2.43. The second kappa shape index (κ2) is 10.5. The normalized spacial score (nSPS) is 13.8. The molecule has 0 aromatic heterocycles. The molecule has 0 aliphatic carbocycles. The molecular formula is C16H29NO5S. The second-order valence-electron chi connectivity index (χ2n) is 6.38. The first-order chi connectivity index (χ1) is 10.5. The van der Waals surface area contributed by atoms with Gasteiger partial charge in [-0.15, -0.1) is 0 Å². The lowest BCUT2D eigenvalue weighted by Gasteiger charge is -2.24. The second-order valence-corrected chi connectivity index (χ2v) is 7.57. The molecule has 1 unspecified atom stereocenters. The molecule has 1 amide bonds. The molecule has 134 valence electrons. The Hall–Kier alpha value is -1.24. The Bertz CT molecular complexity index is 406. The molecule has 0 fully saturated rings. The summed E-state index contributed by atoms with van der Waals surface area (Å²) in [5, 5.41) is 2.75. The number of hydrogen-bond donors (Lipinski definition) is 1. The van der Waals surface area contributed by atoms with Gasteiger partial charge in [0.05, 0.1) is 12.5 Å². The highest BCUT2D eigenvalue weighted by Gasteiger charge is 2.22. The van der Waals surface area contributed by atoms with Gasteiger partial charge in [-0.3, -0.25) is 9.59 Å². The van der Waals surface area contributed by atoms with Gasteiger partial charge in [0.15, 0.2) is 5.12 Å². The molecule has 7 heteroatoms. The molecule has 0 aliphatic heterocycles. The molecule has 0 spiro atoms. The van der Waals surface area contributed by atoms with Crippen LogP contribution in [-0.2, 0) is 19.1 Å². The summed E-state index contributed by atoms with van der Waals surface area (Å²) >= 11 is 1.14. The van der Waals surface area contributed by atoms with E-state index in [1.165, 1.54) is 6.92 Å². The smallest absolute Gasteiger partial charge is 0.407 e. The highest BCUT2D eigenvalue weighted by atomic mass is 32.2. The minimum atomic E-state index is -0.583. The minimum absolute atomic E-state index is 0.0144.